The maximum absolute atomic E-state index is 12.9. The van der Waals surface area contributed by atoms with Gasteiger partial charge in [0.2, 0.25) is 5.91 Å². The average molecular weight is 469 g/mol. The van der Waals surface area contributed by atoms with E-state index in [1.165, 1.54) is 17.2 Å². The Bertz CT molecular complexity index is 1060. The number of amides is 1. The van der Waals surface area contributed by atoms with E-state index in [0.717, 1.165) is 63.7 Å². The third-order valence-corrected chi connectivity index (χ3v) is 8.07. The molecule has 0 bridgehead atoms. The standard InChI is InChI=1S/C28H31F3N2O/c29-28(30,31)23-6-3-4-20(18-23)19-32-26(34)22-8-10-24(11-9-22)33-16-14-27(15-17-33)13-12-21-5-1-2-7-25(21)27/h1-7,12-13,18,22,24H,8-11,14-17,19H2,(H,32,34). The molecule has 1 N–H and O–H groups in total. The van der Waals surface area contributed by atoms with Crippen molar-refractivity contribution < 1.29 is 18.0 Å². The Balaban J connectivity index is 1.09. The molecule has 2 fully saturated rings. The van der Waals surface area contributed by atoms with Crippen molar-refractivity contribution in [2.24, 2.45) is 5.92 Å². The van der Waals surface area contributed by atoms with E-state index in [9.17, 15) is 18.0 Å². The molecule has 34 heavy (non-hydrogen) atoms. The fourth-order valence-corrected chi connectivity index (χ4v) is 6.05. The molecule has 1 saturated carbocycles. The molecule has 0 aromatic heterocycles. The van der Waals surface area contributed by atoms with Gasteiger partial charge in [0, 0.05) is 23.9 Å². The van der Waals surface area contributed by atoms with Crippen molar-refractivity contribution >= 4 is 12.0 Å². The molecule has 1 aliphatic heterocycles. The highest BCUT2D eigenvalue weighted by atomic mass is 19.4. The number of piperidine rings is 1. The predicted octanol–water partition coefficient (Wildman–Crippen LogP) is 5.94. The third kappa shape index (κ3) is 4.65. The van der Waals surface area contributed by atoms with E-state index in [1.54, 1.807) is 6.07 Å². The summed E-state index contributed by atoms with van der Waals surface area (Å²) in [6.45, 7) is 2.29. The number of rotatable bonds is 4. The van der Waals surface area contributed by atoms with Gasteiger partial charge >= 0.3 is 6.18 Å². The first-order valence-corrected chi connectivity index (χ1v) is 12.3. The van der Waals surface area contributed by atoms with E-state index in [0.29, 0.717) is 11.6 Å². The molecule has 0 atom stereocenters. The number of likely N-dealkylation sites (tertiary alicyclic amines) is 1. The lowest BCUT2D eigenvalue weighted by Gasteiger charge is -2.44. The van der Waals surface area contributed by atoms with Gasteiger partial charge in [-0.05, 0) is 80.4 Å². The summed E-state index contributed by atoms with van der Waals surface area (Å²) in [4.78, 5) is 15.3. The van der Waals surface area contributed by atoms with Crippen LogP contribution >= 0.6 is 0 Å². The SMILES string of the molecule is O=C(NCc1cccc(C(F)(F)F)c1)C1CCC(N2CCC3(C=Cc4ccccc43)CC2)CC1. The minimum Gasteiger partial charge on any atom is -0.352 e. The molecule has 0 radical (unpaired) electrons. The van der Waals surface area contributed by atoms with Crippen molar-refractivity contribution in [3.05, 3.63) is 76.9 Å². The van der Waals surface area contributed by atoms with Crippen molar-refractivity contribution in [2.45, 2.75) is 62.7 Å². The Kier molecular flexibility index (Phi) is 6.28. The molecule has 2 aromatic carbocycles. The number of allylic oxidation sites excluding steroid dienone is 1. The maximum atomic E-state index is 12.9. The second-order valence-corrected chi connectivity index (χ2v) is 10.0. The quantitative estimate of drug-likeness (QED) is 0.602. The number of carbonyl (C=O) groups is 1. The first-order chi connectivity index (χ1) is 16.3. The molecule has 3 nitrogen and oxygen atoms in total. The number of hydrogen-bond donors (Lipinski definition) is 1. The number of benzene rings is 2. The number of nitrogens with zero attached hydrogens (tertiary/aromatic N) is 1. The molecule has 3 aliphatic rings. The van der Waals surface area contributed by atoms with Gasteiger partial charge < -0.3 is 10.2 Å². The molecule has 2 aromatic rings. The first kappa shape index (κ1) is 23.2. The highest BCUT2D eigenvalue weighted by molar-refractivity contribution is 5.78. The van der Waals surface area contributed by atoms with Gasteiger partial charge in [0.1, 0.15) is 0 Å². The number of fused-ring (bicyclic) bond motifs is 2. The van der Waals surface area contributed by atoms with E-state index in [4.69, 9.17) is 0 Å². The lowest BCUT2D eigenvalue weighted by atomic mass is 9.73. The lowest BCUT2D eigenvalue weighted by Crippen LogP contribution is -2.47. The van der Waals surface area contributed by atoms with Crippen LogP contribution < -0.4 is 5.32 Å². The van der Waals surface area contributed by atoms with Gasteiger partial charge in [0.15, 0.2) is 0 Å². The molecule has 2 aliphatic carbocycles. The number of hydrogen-bond acceptors (Lipinski definition) is 2. The summed E-state index contributed by atoms with van der Waals surface area (Å²) in [5, 5.41) is 2.86. The molecule has 1 spiro atoms. The minimum absolute atomic E-state index is 0.0406. The van der Waals surface area contributed by atoms with Gasteiger partial charge in [-0.15, -0.1) is 0 Å². The molecule has 180 valence electrons. The van der Waals surface area contributed by atoms with Crippen LogP contribution in [0, 0.1) is 5.92 Å². The van der Waals surface area contributed by atoms with Crippen LogP contribution in [0.25, 0.3) is 6.08 Å². The Morgan fingerprint density at radius 1 is 1.00 bits per heavy atom. The Morgan fingerprint density at radius 3 is 2.47 bits per heavy atom. The smallest absolute Gasteiger partial charge is 0.352 e. The fraction of sp³-hybridized carbons (Fsp3) is 0.464. The zero-order valence-corrected chi connectivity index (χ0v) is 19.3. The van der Waals surface area contributed by atoms with E-state index < -0.39 is 11.7 Å². The van der Waals surface area contributed by atoms with Crippen LogP contribution in [0.5, 0.6) is 0 Å². The molecule has 5 rings (SSSR count). The maximum Gasteiger partial charge on any atom is 0.416 e. The molecule has 1 amide bonds. The van der Waals surface area contributed by atoms with Crippen LogP contribution in [-0.2, 0) is 22.9 Å². The fourth-order valence-electron chi connectivity index (χ4n) is 6.05. The van der Waals surface area contributed by atoms with E-state index in [-0.39, 0.29) is 23.8 Å². The summed E-state index contributed by atoms with van der Waals surface area (Å²) in [6, 6.07) is 14.4. The van der Waals surface area contributed by atoms with Gasteiger partial charge in [-0.25, -0.2) is 0 Å². The van der Waals surface area contributed by atoms with Crippen molar-refractivity contribution in [3.63, 3.8) is 0 Å². The minimum atomic E-state index is -4.37. The van der Waals surface area contributed by atoms with Crippen LogP contribution in [0.3, 0.4) is 0 Å². The van der Waals surface area contributed by atoms with Crippen molar-refractivity contribution in [3.8, 4) is 0 Å². The number of nitrogens with one attached hydrogen (secondary N) is 1. The van der Waals surface area contributed by atoms with Gasteiger partial charge in [0.25, 0.3) is 0 Å². The van der Waals surface area contributed by atoms with Crippen molar-refractivity contribution in [1.82, 2.24) is 10.2 Å². The Labute approximate surface area is 199 Å². The van der Waals surface area contributed by atoms with Gasteiger partial charge in [-0.1, -0.05) is 48.6 Å². The summed E-state index contributed by atoms with van der Waals surface area (Å²) >= 11 is 0. The van der Waals surface area contributed by atoms with Gasteiger partial charge in [0.05, 0.1) is 5.56 Å². The van der Waals surface area contributed by atoms with E-state index in [2.05, 4.69) is 46.6 Å². The highest BCUT2D eigenvalue weighted by Crippen LogP contribution is 2.44. The summed E-state index contributed by atoms with van der Waals surface area (Å²) < 4.78 is 38.7. The summed E-state index contributed by atoms with van der Waals surface area (Å²) in [5.41, 5.74) is 2.80. The second-order valence-electron chi connectivity index (χ2n) is 10.0. The van der Waals surface area contributed by atoms with E-state index >= 15 is 0 Å². The first-order valence-electron chi connectivity index (χ1n) is 12.3. The summed E-state index contributed by atoms with van der Waals surface area (Å²) in [7, 11) is 0. The van der Waals surface area contributed by atoms with Crippen LogP contribution in [0.15, 0.2) is 54.6 Å². The monoisotopic (exact) mass is 468 g/mol. The molecule has 6 heteroatoms. The Morgan fingerprint density at radius 2 is 1.74 bits per heavy atom. The number of alkyl halides is 3. The summed E-state index contributed by atoms with van der Waals surface area (Å²) in [5.74, 6) is -0.0935. The Hall–Kier alpha value is -2.60. The van der Waals surface area contributed by atoms with Crippen LogP contribution in [0.1, 0.15) is 60.8 Å². The number of carbonyl (C=O) groups excluding carboxylic acids is 1. The lowest BCUT2D eigenvalue weighted by molar-refractivity contribution is -0.137. The zero-order chi connectivity index (χ0) is 23.8. The van der Waals surface area contributed by atoms with Crippen molar-refractivity contribution in [1.29, 1.82) is 0 Å². The van der Waals surface area contributed by atoms with Gasteiger partial charge in [-0.2, -0.15) is 13.2 Å². The van der Waals surface area contributed by atoms with Crippen LogP contribution in [0.4, 0.5) is 13.2 Å². The second kappa shape index (κ2) is 9.21. The molecular formula is C28H31F3N2O. The van der Waals surface area contributed by atoms with Crippen molar-refractivity contribution in [2.75, 3.05) is 13.1 Å². The number of halogens is 3. The van der Waals surface area contributed by atoms with Crippen LogP contribution in [0.2, 0.25) is 0 Å². The van der Waals surface area contributed by atoms with Gasteiger partial charge in [-0.3, -0.25) is 4.79 Å². The third-order valence-electron chi connectivity index (χ3n) is 8.07. The molecule has 1 saturated heterocycles. The molecule has 0 unspecified atom stereocenters. The van der Waals surface area contributed by atoms with Crippen LogP contribution in [-0.4, -0.2) is 29.9 Å². The average Bonchev–Trinajstić information content (AvgIpc) is 3.21. The normalized spacial score (nSPS) is 24.2. The molecular weight excluding hydrogens is 437 g/mol. The summed E-state index contributed by atoms with van der Waals surface area (Å²) in [6.07, 6.45) is 6.25. The highest BCUT2D eigenvalue weighted by Gasteiger charge is 2.40. The topological polar surface area (TPSA) is 32.3 Å². The van der Waals surface area contributed by atoms with E-state index in [1.807, 2.05) is 0 Å². The molecule has 1 heterocycles. The zero-order valence-electron chi connectivity index (χ0n) is 19.3. The largest absolute Gasteiger partial charge is 0.416 e. The predicted molar refractivity (Wildman–Crippen MR) is 127 cm³/mol.